The second-order valence-corrected chi connectivity index (χ2v) is 4.09. The molecule has 84 valence electrons. The molecule has 0 spiro atoms. The molecule has 4 nitrogen and oxygen atoms in total. The Labute approximate surface area is 86.3 Å². The highest BCUT2D eigenvalue weighted by Crippen LogP contribution is 1.96. The third kappa shape index (κ3) is 5.94. The van der Waals surface area contributed by atoms with Crippen molar-refractivity contribution in [3.63, 3.8) is 0 Å². The predicted octanol–water partition coefficient (Wildman–Crippen LogP) is 0.0712. The maximum atomic E-state index is 11.3. The van der Waals surface area contributed by atoms with Gasteiger partial charge in [0.25, 0.3) is 0 Å². The number of amides is 1. The normalized spacial score (nSPS) is 14.9. The monoisotopic (exact) mass is 202 g/mol. The maximum absolute atomic E-state index is 11.3. The van der Waals surface area contributed by atoms with Gasteiger partial charge in [-0.2, -0.15) is 0 Å². The number of nitrogens with one attached hydrogen (secondary N) is 1. The molecule has 0 saturated heterocycles. The van der Waals surface area contributed by atoms with E-state index in [-0.39, 0.29) is 24.5 Å². The molecule has 2 atom stereocenters. The summed E-state index contributed by atoms with van der Waals surface area (Å²) in [5, 5.41) is 12.0. The Morgan fingerprint density at radius 3 is 2.43 bits per heavy atom. The average molecular weight is 202 g/mol. The van der Waals surface area contributed by atoms with Gasteiger partial charge in [0.15, 0.2) is 0 Å². The van der Waals surface area contributed by atoms with Crippen LogP contribution in [-0.4, -0.2) is 49.2 Å². The average Bonchev–Trinajstić information content (AvgIpc) is 2.13. The quantitative estimate of drug-likeness (QED) is 0.641. The minimum Gasteiger partial charge on any atom is -0.396 e. The van der Waals surface area contributed by atoms with E-state index in [1.165, 1.54) is 0 Å². The van der Waals surface area contributed by atoms with Gasteiger partial charge >= 0.3 is 0 Å². The molecule has 0 aromatic carbocycles. The minimum absolute atomic E-state index is 0.127. The number of rotatable bonds is 6. The molecule has 0 saturated carbocycles. The first-order valence-electron chi connectivity index (χ1n) is 5.01. The van der Waals surface area contributed by atoms with E-state index in [0.29, 0.717) is 6.42 Å². The Balaban J connectivity index is 3.65. The van der Waals surface area contributed by atoms with Gasteiger partial charge in [0.1, 0.15) is 0 Å². The summed E-state index contributed by atoms with van der Waals surface area (Å²) < 4.78 is 0. The maximum Gasteiger partial charge on any atom is 0.223 e. The molecule has 0 aliphatic heterocycles. The molecule has 0 aliphatic rings. The topological polar surface area (TPSA) is 52.6 Å². The van der Waals surface area contributed by atoms with Crippen molar-refractivity contribution in [3.8, 4) is 0 Å². The van der Waals surface area contributed by atoms with E-state index in [4.69, 9.17) is 5.11 Å². The summed E-state index contributed by atoms with van der Waals surface area (Å²) in [6.45, 7) is 4.87. The molecule has 0 rings (SSSR count). The van der Waals surface area contributed by atoms with Gasteiger partial charge in [-0.15, -0.1) is 0 Å². The fourth-order valence-corrected chi connectivity index (χ4v) is 0.984. The molecule has 0 radical (unpaired) electrons. The third-order valence-electron chi connectivity index (χ3n) is 2.11. The molecule has 0 aromatic rings. The first kappa shape index (κ1) is 13.4. The first-order valence-corrected chi connectivity index (χ1v) is 5.01. The van der Waals surface area contributed by atoms with Gasteiger partial charge in [-0.25, -0.2) is 0 Å². The van der Waals surface area contributed by atoms with Crippen LogP contribution in [0.1, 0.15) is 20.3 Å². The summed E-state index contributed by atoms with van der Waals surface area (Å²) >= 11 is 0. The van der Waals surface area contributed by atoms with Crippen LogP contribution in [0, 0.1) is 5.92 Å². The first-order chi connectivity index (χ1) is 6.47. The van der Waals surface area contributed by atoms with Crippen LogP contribution in [0.5, 0.6) is 0 Å². The standard InChI is InChI=1S/C10H22N2O2/c1-8(7-13)6-11-9(2)5-10(14)12(3)4/h8-9,11,13H,5-7H2,1-4H3. The molecule has 2 N–H and O–H groups in total. The lowest BCUT2D eigenvalue weighted by molar-refractivity contribution is -0.129. The van der Waals surface area contributed by atoms with Crippen molar-refractivity contribution in [2.75, 3.05) is 27.2 Å². The molecule has 0 heterocycles. The van der Waals surface area contributed by atoms with Gasteiger partial charge in [0, 0.05) is 39.7 Å². The van der Waals surface area contributed by atoms with Crippen LogP contribution >= 0.6 is 0 Å². The van der Waals surface area contributed by atoms with E-state index in [0.717, 1.165) is 6.54 Å². The zero-order chi connectivity index (χ0) is 11.1. The smallest absolute Gasteiger partial charge is 0.223 e. The van der Waals surface area contributed by atoms with Crippen molar-refractivity contribution in [1.29, 1.82) is 0 Å². The Hall–Kier alpha value is -0.610. The molecule has 1 amide bonds. The van der Waals surface area contributed by atoms with Crippen LogP contribution in [0.4, 0.5) is 0 Å². The van der Waals surface area contributed by atoms with E-state index in [9.17, 15) is 4.79 Å². The van der Waals surface area contributed by atoms with Crippen LogP contribution in [0.15, 0.2) is 0 Å². The molecule has 0 aliphatic carbocycles. The van der Waals surface area contributed by atoms with Crippen LogP contribution < -0.4 is 5.32 Å². The molecule has 4 heteroatoms. The van der Waals surface area contributed by atoms with Gasteiger partial charge in [-0.1, -0.05) is 6.92 Å². The van der Waals surface area contributed by atoms with E-state index in [2.05, 4.69) is 5.32 Å². The molecular weight excluding hydrogens is 180 g/mol. The Morgan fingerprint density at radius 2 is 2.00 bits per heavy atom. The second-order valence-electron chi connectivity index (χ2n) is 4.09. The number of hydrogen-bond acceptors (Lipinski definition) is 3. The Morgan fingerprint density at radius 1 is 1.43 bits per heavy atom. The van der Waals surface area contributed by atoms with Gasteiger partial charge in [-0.05, 0) is 12.8 Å². The highest BCUT2D eigenvalue weighted by Gasteiger charge is 2.10. The van der Waals surface area contributed by atoms with Crippen molar-refractivity contribution in [2.45, 2.75) is 26.3 Å². The van der Waals surface area contributed by atoms with Crippen molar-refractivity contribution in [1.82, 2.24) is 10.2 Å². The lowest BCUT2D eigenvalue weighted by Gasteiger charge is -2.18. The predicted molar refractivity (Wildman–Crippen MR) is 57.0 cm³/mol. The third-order valence-corrected chi connectivity index (χ3v) is 2.11. The van der Waals surface area contributed by atoms with Crippen molar-refractivity contribution in [3.05, 3.63) is 0 Å². The zero-order valence-corrected chi connectivity index (χ0v) is 9.58. The van der Waals surface area contributed by atoms with Crippen LogP contribution in [0.25, 0.3) is 0 Å². The fourth-order valence-electron chi connectivity index (χ4n) is 0.984. The Bertz CT molecular complexity index is 172. The number of carbonyl (C=O) groups is 1. The number of hydrogen-bond donors (Lipinski definition) is 2. The summed E-state index contributed by atoms with van der Waals surface area (Å²) in [5.74, 6) is 0.369. The fraction of sp³-hybridized carbons (Fsp3) is 0.900. The molecule has 0 aromatic heterocycles. The number of aliphatic hydroxyl groups is 1. The SMILES string of the molecule is CC(CO)CNC(C)CC(=O)N(C)C. The summed E-state index contributed by atoms with van der Waals surface area (Å²) in [4.78, 5) is 12.9. The van der Waals surface area contributed by atoms with E-state index < -0.39 is 0 Å². The summed E-state index contributed by atoms with van der Waals surface area (Å²) in [6, 6.07) is 0.166. The number of nitrogens with zero attached hydrogens (tertiary/aromatic N) is 1. The van der Waals surface area contributed by atoms with Gasteiger partial charge < -0.3 is 15.3 Å². The molecule has 0 fully saturated rings. The van der Waals surface area contributed by atoms with E-state index in [1.807, 2.05) is 13.8 Å². The minimum atomic E-state index is 0.127. The Kier molecular flexibility index (Phi) is 6.49. The number of aliphatic hydroxyl groups excluding tert-OH is 1. The summed E-state index contributed by atoms with van der Waals surface area (Å²) in [5.41, 5.74) is 0. The zero-order valence-electron chi connectivity index (χ0n) is 9.58. The van der Waals surface area contributed by atoms with Crippen LogP contribution in [-0.2, 0) is 4.79 Å². The van der Waals surface area contributed by atoms with Gasteiger partial charge in [-0.3, -0.25) is 4.79 Å². The lowest BCUT2D eigenvalue weighted by Crippen LogP contribution is -2.36. The molecule has 14 heavy (non-hydrogen) atoms. The summed E-state index contributed by atoms with van der Waals surface area (Å²) in [6.07, 6.45) is 0.505. The van der Waals surface area contributed by atoms with Crippen molar-refractivity contribution >= 4 is 5.91 Å². The van der Waals surface area contributed by atoms with E-state index >= 15 is 0 Å². The largest absolute Gasteiger partial charge is 0.396 e. The summed E-state index contributed by atoms with van der Waals surface area (Å²) in [7, 11) is 3.51. The highest BCUT2D eigenvalue weighted by molar-refractivity contribution is 5.76. The second kappa shape index (κ2) is 6.79. The van der Waals surface area contributed by atoms with Crippen molar-refractivity contribution in [2.24, 2.45) is 5.92 Å². The highest BCUT2D eigenvalue weighted by atomic mass is 16.3. The van der Waals surface area contributed by atoms with Crippen LogP contribution in [0.3, 0.4) is 0 Å². The van der Waals surface area contributed by atoms with Gasteiger partial charge in [0.2, 0.25) is 5.91 Å². The molecular formula is C10H22N2O2. The lowest BCUT2D eigenvalue weighted by atomic mass is 10.1. The van der Waals surface area contributed by atoms with Crippen LogP contribution in [0.2, 0.25) is 0 Å². The molecule has 0 bridgehead atoms. The molecule has 2 unspecified atom stereocenters. The van der Waals surface area contributed by atoms with Crippen molar-refractivity contribution < 1.29 is 9.90 Å². The van der Waals surface area contributed by atoms with Gasteiger partial charge in [0.05, 0.1) is 0 Å². The van der Waals surface area contributed by atoms with E-state index in [1.54, 1.807) is 19.0 Å². The number of carbonyl (C=O) groups excluding carboxylic acids is 1.